The molecule has 0 saturated carbocycles. The Hall–Kier alpha value is -3.06. The predicted octanol–water partition coefficient (Wildman–Crippen LogP) is 0.803. The SMILES string of the molecule is NN/C(Oc1ccc(-c2ccccc2)nc1)=C(\N)C(=O)O. The highest BCUT2D eigenvalue weighted by atomic mass is 16.5. The van der Waals surface area contributed by atoms with Gasteiger partial charge in [0.05, 0.1) is 11.9 Å². The van der Waals surface area contributed by atoms with E-state index in [1.807, 2.05) is 30.3 Å². The highest BCUT2D eigenvalue weighted by Gasteiger charge is 2.12. The topological polar surface area (TPSA) is 123 Å². The van der Waals surface area contributed by atoms with Gasteiger partial charge in [-0.1, -0.05) is 30.3 Å². The van der Waals surface area contributed by atoms with E-state index in [0.29, 0.717) is 5.75 Å². The van der Waals surface area contributed by atoms with Crippen LogP contribution in [0.5, 0.6) is 5.75 Å². The first kappa shape index (κ1) is 14.4. The van der Waals surface area contributed by atoms with Crippen molar-refractivity contribution in [3.05, 3.63) is 60.2 Å². The summed E-state index contributed by atoms with van der Waals surface area (Å²) in [6.07, 6.45) is 1.45. The van der Waals surface area contributed by atoms with Gasteiger partial charge in [-0.15, -0.1) is 0 Å². The molecule has 7 heteroatoms. The van der Waals surface area contributed by atoms with Gasteiger partial charge >= 0.3 is 5.97 Å². The highest BCUT2D eigenvalue weighted by Crippen LogP contribution is 2.20. The quantitative estimate of drug-likeness (QED) is 0.277. The van der Waals surface area contributed by atoms with Crippen molar-refractivity contribution in [2.45, 2.75) is 0 Å². The second-order valence-electron chi connectivity index (χ2n) is 4.04. The predicted molar refractivity (Wildman–Crippen MR) is 76.5 cm³/mol. The molecule has 6 N–H and O–H groups in total. The van der Waals surface area contributed by atoms with Crippen LogP contribution < -0.4 is 21.7 Å². The third-order valence-corrected chi connectivity index (χ3v) is 2.63. The number of ether oxygens (including phenoxy) is 1. The summed E-state index contributed by atoms with van der Waals surface area (Å²) in [6.45, 7) is 0. The zero-order valence-corrected chi connectivity index (χ0v) is 11.0. The van der Waals surface area contributed by atoms with Gasteiger partial charge in [0.2, 0.25) is 5.88 Å². The first-order valence-corrected chi connectivity index (χ1v) is 6.01. The monoisotopic (exact) mass is 286 g/mol. The van der Waals surface area contributed by atoms with E-state index in [4.69, 9.17) is 21.4 Å². The van der Waals surface area contributed by atoms with Gasteiger partial charge in [-0.3, -0.25) is 10.4 Å². The molecule has 2 rings (SSSR count). The minimum atomic E-state index is -1.34. The molecule has 0 aliphatic rings. The molecule has 0 aliphatic heterocycles. The number of carboxylic acids is 1. The molecule has 1 aromatic carbocycles. The second-order valence-corrected chi connectivity index (χ2v) is 4.04. The lowest BCUT2D eigenvalue weighted by Crippen LogP contribution is -2.31. The van der Waals surface area contributed by atoms with E-state index in [9.17, 15) is 4.79 Å². The average Bonchev–Trinajstić information content (AvgIpc) is 2.53. The summed E-state index contributed by atoms with van der Waals surface area (Å²) in [5, 5.41) is 8.78. The number of nitrogens with zero attached hydrogens (tertiary/aromatic N) is 1. The van der Waals surface area contributed by atoms with E-state index in [-0.39, 0.29) is 5.88 Å². The Kier molecular flexibility index (Phi) is 4.37. The molecular weight excluding hydrogens is 272 g/mol. The summed E-state index contributed by atoms with van der Waals surface area (Å²) in [7, 11) is 0. The number of hydrazine groups is 1. The van der Waals surface area contributed by atoms with Crippen molar-refractivity contribution in [3.8, 4) is 17.0 Å². The minimum Gasteiger partial charge on any atom is -0.476 e. The number of nitrogens with two attached hydrogens (primary N) is 2. The highest BCUT2D eigenvalue weighted by molar-refractivity contribution is 5.85. The maximum Gasteiger partial charge on any atom is 0.357 e. The molecule has 0 radical (unpaired) electrons. The van der Waals surface area contributed by atoms with E-state index >= 15 is 0 Å². The Morgan fingerprint density at radius 2 is 1.90 bits per heavy atom. The Morgan fingerprint density at radius 3 is 2.43 bits per heavy atom. The maximum atomic E-state index is 10.8. The number of rotatable bonds is 5. The summed E-state index contributed by atoms with van der Waals surface area (Å²) in [5.41, 5.74) is 8.63. The number of aliphatic carboxylic acids is 1. The van der Waals surface area contributed by atoms with Crippen LogP contribution in [0.4, 0.5) is 0 Å². The van der Waals surface area contributed by atoms with Crippen molar-refractivity contribution < 1.29 is 14.6 Å². The normalized spacial score (nSPS) is 11.5. The lowest BCUT2D eigenvalue weighted by molar-refractivity contribution is -0.132. The first-order valence-electron chi connectivity index (χ1n) is 6.01. The molecule has 0 unspecified atom stereocenters. The van der Waals surface area contributed by atoms with E-state index in [0.717, 1.165) is 11.3 Å². The summed E-state index contributed by atoms with van der Waals surface area (Å²) < 4.78 is 5.25. The molecule has 1 aromatic heterocycles. The molecule has 108 valence electrons. The maximum absolute atomic E-state index is 10.8. The Bertz CT molecular complexity index is 654. The van der Waals surface area contributed by atoms with Crippen molar-refractivity contribution in [2.24, 2.45) is 11.6 Å². The van der Waals surface area contributed by atoms with Gasteiger partial charge in [0, 0.05) is 5.56 Å². The molecule has 0 amide bonds. The van der Waals surface area contributed by atoms with E-state index in [1.54, 1.807) is 12.1 Å². The van der Waals surface area contributed by atoms with Gasteiger partial charge in [0.1, 0.15) is 5.75 Å². The third-order valence-electron chi connectivity index (χ3n) is 2.63. The average molecular weight is 286 g/mol. The molecule has 0 spiro atoms. The lowest BCUT2D eigenvalue weighted by Gasteiger charge is -2.10. The number of carboxylic acid groups (broad SMARTS) is 1. The van der Waals surface area contributed by atoms with E-state index in [1.165, 1.54) is 6.20 Å². The fraction of sp³-hybridized carbons (Fsp3) is 0. The van der Waals surface area contributed by atoms with Crippen LogP contribution in [0.1, 0.15) is 0 Å². The van der Waals surface area contributed by atoms with Crippen LogP contribution in [-0.4, -0.2) is 16.1 Å². The standard InChI is InChI=1S/C14H14N4O3/c15-12(14(19)20)13(18-16)21-10-6-7-11(17-8-10)9-4-2-1-3-5-9/h1-8,18H,15-16H2,(H,19,20)/b13-12+. The summed E-state index contributed by atoms with van der Waals surface area (Å²) in [4.78, 5) is 15.0. The number of hydrogen-bond donors (Lipinski definition) is 4. The van der Waals surface area contributed by atoms with Crippen LogP contribution in [-0.2, 0) is 4.79 Å². The zero-order chi connectivity index (χ0) is 15.2. The van der Waals surface area contributed by atoms with Gasteiger partial charge in [-0.25, -0.2) is 10.6 Å². The molecule has 0 bridgehead atoms. The Labute approximate surface area is 120 Å². The van der Waals surface area contributed by atoms with Crippen LogP contribution in [0.3, 0.4) is 0 Å². The van der Waals surface area contributed by atoms with Crippen molar-refractivity contribution in [3.63, 3.8) is 0 Å². The van der Waals surface area contributed by atoms with E-state index < -0.39 is 11.7 Å². The van der Waals surface area contributed by atoms with Gasteiger partial charge in [0.15, 0.2) is 5.70 Å². The number of pyridine rings is 1. The second kappa shape index (κ2) is 6.40. The summed E-state index contributed by atoms with van der Waals surface area (Å²) >= 11 is 0. The summed E-state index contributed by atoms with van der Waals surface area (Å²) in [5.74, 6) is 3.91. The molecule has 1 heterocycles. The molecule has 0 saturated heterocycles. The molecule has 2 aromatic rings. The van der Waals surface area contributed by atoms with Gasteiger partial charge in [0.25, 0.3) is 0 Å². The largest absolute Gasteiger partial charge is 0.476 e. The van der Waals surface area contributed by atoms with Crippen molar-refractivity contribution in [1.82, 2.24) is 10.4 Å². The van der Waals surface area contributed by atoms with Gasteiger partial charge in [-0.05, 0) is 12.1 Å². The Morgan fingerprint density at radius 1 is 1.19 bits per heavy atom. The molecule has 0 aliphatic carbocycles. The fourth-order valence-corrected chi connectivity index (χ4v) is 1.60. The molecular formula is C14H14N4O3. The lowest BCUT2D eigenvalue weighted by atomic mass is 10.1. The molecule has 21 heavy (non-hydrogen) atoms. The van der Waals surface area contributed by atoms with Crippen LogP contribution >= 0.6 is 0 Å². The number of benzene rings is 1. The number of hydrogen-bond acceptors (Lipinski definition) is 6. The third kappa shape index (κ3) is 3.48. The molecule has 0 fully saturated rings. The van der Waals surface area contributed by atoms with Crippen molar-refractivity contribution in [2.75, 3.05) is 0 Å². The number of aromatic nitrogens is 1. The van der Waals surface area contributed by atoms with Gasteiger partial charge < -0.3 is 15.6 Å². The first-order chi connectivity index (χ1) is 10.1. The Balaban J connectivity index is 2.20. The molecule has 0 atom stereocenters. The summed E-state index contributed by atoms with van der Waals surface area (Å²) in [6, 6.07) is 13.0. The van der Waals surface area contributed by atoms with Crippen LogP contribution in [0.25, 0.3) is 11.3 Å². The van der Waals surface area contributed by atoms with Crippen LogP contribution in [0.15, 0.2) is 60.2 Å². The van der Waals surface area contributed by atoms with Crippen LogP contribution in [0.2, 0.25) is 0 Å². The minimum absolute atomic E-state index is 0.253. The van der Waals surface area contributed by atoms with Crippen LogP contribution in [0, 0.1) is 0 Å². The van der Waals surface area contributed by atoms with E-state index in [2.05, 4.69) is 10.4 Å². The van der Waals surface area contributed by atoms with Crippen molar-refractivity contribution >= 4 is 5.97 Å². The molecule has 7 nitrogen and oxygen atoms in total. The number of carbonyl (C=O) groups is 1. The smallest absolute Gasteiger partial charge is 0.357 e. The van der Waals surface area contributed by atoms with Gasteiger partial charge in [-0.2, -0.15) is 0 Å². The van der Waals surface area contributed by atoms with Crippen molar-refractivity contribution in [1.29, 1.82) is 0 Å². The zero-order valence-electron chi connectivity index (χ0n) is 11.0. The fourth-order valence-electron chi connectivity index (χ4n) is 1.60. The number of nitrogens with one attached hydrogen (secondary N) is 1.